The largest absolute Gasteiger partial charge is 0.489 e. The van der Waals surface area contributed by atoms with Crippen LogP contribution in [-0.2, 0) is 21.7 Å². The lowest BCUT2D eigenvalue weighted by Gasteiger charge is -2.37. The minimum absolute atomic E-state index is 0.323. The minimum Gasteiger partial charge on any atom is -0.489 e. The summed E-state index contributed by atoms with van der Waals surface area (Å²) in [5.41, 5.74) is 10.00. The van der Waals surface area contributed by atoms with Crippen molar-refractivity contribution in [2.24, 2.45) is 11.1 Å². The van der Waals surface area contributed by atoms with E-state index in [0.717, 1.165) is 17.0 Å². The van der Waals surface area contributed by atoms with E-state index in [-0.39, 0.29) is 5.91 Å². The topological polar surface area (TPSA) is 118 Å². The lowest BCUT2D eigenvalue weighted by atomic mass is 9.84. The summed E-state index contributed by atoms with van der Waals surface area (Å²) >= 11 is 0. The number of likely N-dealkylation sites (tertiary alicyclic amines) is 1. The van der Waals surface area contributed by atoms with Gasteiger partial charge in [0.25, 0.3) is 5.91 Å². The zero-order valence-corrected chi connectivity index (χ0v) is 19.3. The monoisotopic (exact) mass is 440 g/mol. The van der Waals surface area contributed by atoms with Gasteiger partial charge in [-0.25, -0.2) is 5.48 Å². The smallest absolute Gasteiger partial charge is 0.266 e. The van der Waals surface area contributed by atoms with E-state index in [1.807, 2.05) is 46.8 Å². The number of aromatic nitrogens is 1. The average molecular weight is 441 g/mol. The lowest BCUT2D eigenvalue weighted by molar-refractivity contribution is -0.148. The van der Waals surface area contributed by atoms with Crippen molar-refractivity contribution < 1.29 is 19.5 Å². The summed E-state index contributed by atoms with van der Waals surface area (Å²) in [7, 11) is 0. The van der Waals surface area contributed by atoms with E-state index in [1.165, 1.54) is 4.90 Å². The highest BCUT2D eigenvalue weighted by molar-refractivity contribution is 5.94. The number of nitrogens with one attached hydrogen (secondary N) is 1. The fourth-order valence-electron chi connectivity index (χ4n) is 4.36. The quantitative estimate of drug-likeness (QED) is 0.469. The van der Waals surface area contributed by atoms with Crippen LogP contribution in [0.15, 0.2) is 36.4 Å². The van der Waals surface area contributed by atoms with Gasteiger partial charge >= 0.3 is 0 Å². The van der Waals surface area contributed by atoms with Crippen LogP contribution in [-0.4, -0.2) is 39.5 Å². The number of amides is 2. The first-order valence-corrected chi connectivity index (χ1v) is 10.7. The number of nitrogens with zero attached hydrogens (tertiary/aromatic N) is 2. The normalized spacial score (nSPS) is 19.7. The van der Waals surface area contributed by atoms with Crippen LogP contribution >= 0.6 is 0 Å². The van der Waals surface area contributed by atoms with E-state index in [0.29, 0.717) is 30.9 Å². The maximum absolute atomic E-state index is 13.3. The number of hydroxylamine groups is 1. The van der Waals surface area contributed by atoms with E-state index in [4.69, 9.17) is 15.7 Å². The van der Waals surface area contributed by atoms with Gasteiger partial charge in [0.05, 0.1) is 0 Å². The summed E-state index contributed by atoms with van der Waals surface area (Å²) in [5.74, 6) is -0.295. The summed E-state index contributed by atoms with van der Waals surface area (Å²) in [6.45, 7) is 10.2. The van der Waals surface area contributed by atoms with Crippen molar-refractivity contribution in [3.63, 3.8) is 0 Å². The third kappa shape index (κ3) is 4.76. The standard InChI is InChI=1S/C24H32N4O4/c1-15-12-17(13-16(2)26-15)14-32-19-8-6-18(7-9-19)24(25)10-11-28(22(24)30)20(21(29)27-31)23(3,4)5/h6-9,12-13,20,31H,10-11,14,25H2,1-5H3,(H,27,29). The summed E-state index contributed by atoms with van der Waals surface area (Å²) < 4.78 is 5.88. The number of hydrogen-bond acceptors (Lipinski definition) is 6. The molecule has 4 N–H and O–H groups in total. The number of pyridine rings is 1. The Kier molecular flexibility index (Phi) is 6.57. The summed E-state index contributed by atoms with van der Waals surface area (Å²) in [6.07, 6.45) is 0.368. The van der Waals surface area contributed by atoms with Gasteiger partial charge in [0.1, 0.15) is 23.9 Å². The van der Waals surface area contributed by atoms with Crippen LogP contribution in [0, 0.1) is 19.3 Å². The highest BCUT2D eigenvalue weighted by Gasteiger charge is 2.51. The molecule has 8 heteroatoms. The molecule has 2 atom stereocenters. The highest BCUT2D eigenvalue weighted by atomic mass is 16.5. The van der Waals surface area contributed by atoms with Crippen molar-refractivity contribution in [2.45, 2.75) is 59.2 Å². The molecule has 1 saturated heterocycles. The fraction of sp³-hybridized carbons (Fsp3) is 0.458. The zero-order valence-electron chi connectivity index (χ0n) is 19.3. The van der Waals surface area contributed by atoms with Gasteiger partial charge in [-0.2, -0.15) is 0 Å². The first kappa shape index (κ1) is 23.7. The number of rotatable bonds is 6. The third-order valence-corrected chi connectivity index (χ3v) is 5.80. The van der Waals surface area contributed by atoms with Crippen molar-refractivity contribution in [1.82, 2.24) is 15.4 Å². The predicted molar refractivity (Wildman–Crippen MR) is 120 cm³/mol. The Morgan fingerprint density at radius 3 is 2.38 bits per heavy atom. The molecule has 172 valence electrons. The van der Waals surface area contributed by atoms with Crippen LogP contribution in [0.4, 0.5) is 0 Å². The molecule has 3 rings (SSSR count). The summed E-state index contributed by atoms with van der Waals surface area (Å²) in [4.78, 5) is 31.4. The summed E-state index contributed by atoms with van der Waals surface area (Å²) in [6, 6.07) is 10.3. The van der Waals surface area contributed by atoms with E-state index in [9.17, 15) is 9.59 Å². The number of carbonyl (C=O) groups is 2. The molecule has 2 unspecified atom stereocenters. The number of nitrogens with two attached hydrogens (primary N) is 1. The fourth-order valence-corrected chi connectivity index (χ4v) is 4.36. The van der Waals surface area contributed by atoms with Gasteiger partial charge in [0.15, 0.2) is 0 Å². The molecule has 1 aromatic carbocycles. The van der Waals surface area contributed by atoms with Crippen molar-refractivity contribution in [3.8, 4) is 5.75 Å². The van der Waals surface area contributed by atoms with E-state index >= 15 is 0 Å². The number of aryl methyl sites for hydroxylation is 2. The molecule has 0 aliphatic carbocycles. The number of hydrogen-bond donors (Lipinski definition) is 3. The van der Waals surface area contributed by atoms with Crippen molar-refractivity contribution in [1.29, 1.82) is 0 Å². The minimum atomic E-state index is -1.24. The Morgan fingerprint density at radius 2 is 1.84 bits per heavy atom. The van der Waals surface area contributed by atoms with Gasteiger partial charge in [-0.05, 0) is 61.1 Å². The number of ether oxygens (including phenoxy) is 1. The van der Waals surface area contributed by atoms with Crippen LogP contribution in [0.3, 0.4) is 0 Å². The molecule has 1 aromatic heterocycles. The molecule has 32 heavy (non-hydrogen) atoms. The van der Waals surface area contributed by atoms with Gasteiger partial charge in [-0.3, -0.25) is 19.8 Å². The Bertz CT molecular complexity index is 980. The highest BCUT2D eigenvalue weighted by Crippen LogP contribution is 2.36. The Labute approximate surface area is 188 Å². The molecule has 0 saturated carbocycles. The van der Waals surface area contributed by atoms with Gasteiger partial charge in [-0.15, -0.1) is 0 Å². The second kappa shape index (κ2) is 8.88. The summed E-state index contributed by atoms with van der Waals surface area (Å²) in [5, 5.41) is 9.17. The first-order chi connectivity index (χ1) is 15.0. The second-order valence-electron chi connectivity index (χ2n) is 9.54. The van der Waals surface area contributed by atoms with Crippen molar-refractivity contribution >= 4 is 11.8 Å². The molecule has 0 spiro atoms. The first-order valence-electron chi connectivity index (χ1n) is 10.7. The molecule has 1 aliphatic heterocycles. The second-order valence-corrected chi connectivity index (χ2v) is 9.54. The molecule has 1 fully saturated rings. The van der Waals surface area contributed by atoms with E-state index < -0.39 is 22.9 Å². The predicted octanol–water partition coefficient (Wildman–Crippen LogP) is 2.58. The van der Waals surface area contributed by atoms with Crippen LogP contribution in [0.25, 0.3) is 0 Å². The van der Waals surface area contributed by atoms with E-state index in [1.54, 1.807) is 29.7 Å². The Morgan fingerprint density at radius 1 is 1.25 bits per heavy atom. The molecule has 8 nitrogen and oxygen atoms in total. The maximum Gasteiger partial charge on any atom is 0.266 e. The molecule has 1 aliphatic rings. The van der Waals surface area contributed by atoms with Crippen LogP contribution in [0.5, 0.6) is 5.75 Å². The van der Waals surface area contributed by atoms with Gasteiger partial charge < -0.3 is 15.4 Å². The molecule has 2 amide bonds. The Hall–Kier alpha value is -2.97. The molecule has 2 heterocycles. The number of carbonyl (C=O) groups excluding carboxylic acids is 2. The van der Waals surface area contributed by atoms with Crippen molar-refractivity contribution in [3.05, 3.63) is 58.9 Å². The van der Waals surface area contributed by atoms with Crippen molar-refractivity contribution in [2.75, 3.05) is 6.54 Å². The van der Waals surface area contributed by atoms with Crippen LogP contribution < -0.4 is 16.0 Å². The molecule has 0 radical (unpaired) electrons. The Balaban J connectivity index is 1.75. The maximum atomic E-state index is 13.3. The molecule has 0 bridgehead atoms. The number of benzene rings is 1. The van der Waals surface area contributed by atoms with Crippen LogP contribution in [0.2, 0.25) is 0 Å². The average Bonchev–Trinajstić information content (AvgIpc) is 3.01. The van der Waals surface area contributed by atoms with Gasteiger partial charge in [0, 0.05) is 17.9 Å². The van der Waals surface area contributed by atoms with Gasteiger partial charge in [-0.1, -0.05) is 32.9 Å². The van der Waals surface area contributed by atoms with Gasteiger partial charge in [0.2, 0.25) is 5.91 Å². The lowest BCUT2D eigenvalue weighted by Crippen LogP contribution is -2.56. The molecular weight excluding hydrogens is 408 g/mol. The molecule has 2 aromatic rings. The third-order valence-electron chi connectivity index (χ3n) is 5.80. The SMILES string of the molecule is Cc1cc(COc2ccc(C3(N)CCN(C(C(=O)NO)C(C)(C)C)C3=O)cc2)cc(C)n1. The zero-order chi connectivity index (χ0) is 23.7. The van der Waals surface area contributed by atoms with Crippen LogP contribution in [0.1, 0.15) is 49.7 Å². The molecular formula is C24H32N4O4. The van der Waals surface area contributed by atoms with E-state index in [2.05, 4.69) is 4.98 Å².